The maximum absolute atomic E-state index is 14.0. The van der Waals surface area contributed by atoms with Crippen molar-refractivity contribution in [3.63, 3.8) is 0 Å². The number of carbonyl (C=O) groups excluding carboxylic acids is 1. The van der Waals surface area contributed by atoms with Gasteiger partial charge in [0.05, 0.1) is 51.8 Å². The molecule has 7 heterocycles. The van der Waals surface area contributed by atoms with Crippen LogP contribution in [0.15, 0.2) is 79.6 Å². The quantitative estimate of drug-likeness (QED) is 0.363. The van der Waals surface area contributed by atoms with E-state index >= 15 is 0 Å². The summed E-state index contributed by atoms with van der Waals surface area (Å²) in [4.78, 5) is 27.5. The summed E-state index contributed by atoms with van der Waals surface area (Å²) in [5.74, 6) is -0.317. The minimum atomic E-state index is -4.55. The van der Waals surface area contributed by atoms with E-state index in [1.807, 2.05) is 30.3 Å². The van der Waals surface area contributed by atoms with E-state index in [9.17, 15) is 18.0 Å². The van der Waals surface area contributed by atoms with E-state index in [2.05, 4.69) is 25.1 Å². The Morgan fingerprint density at radius 3 is 2.74 bits per heavy atom. The number of aromatic nitrogens is 7. The van der Waals surface area contributed by atoms with Gasteiger partial charge in [-0.1, -0.05) is 6.07 Å². The first-order valence-electron chi connectivity index (χ1n) is 12.2. The smallest absolute Gasteiger partial charge is 0.348 e. The van der Waals surface area contributed by atoms with Gasteiger partial charge in [-0.2, -0.15) is 23.4 Å². The summed E-state index contributed by atoms with van der Waals surface area (Å²) >= 11 is 0. The van der Waals surface area contributed by atoms with E-state index in [0.29, 0.717) is 35.4 Å². The second-order valence-electron chi connectivity index (χ2n) is 9.26. The van der Waals surface area contributed by atoms with Crippen LogP contribution in [0.2, 0.25) is 0 Å². The van der Waals surface area contributed by atoms with Crippen molar-refractivity contribution in [1.29, 1.82) is 0 Å². The monoisotopic (exact) mass is 528 g/mol. The predicted molar refractivity (Wildman–Crippen MR) is 134 cm³/mol. The van der Waals surface area contributed by atoms with Gasteiger partial charge in [-0.25, -0.2) is 14.0 Å². The lowest BCUT2D eigenvalue weighted by Gasteiger charge is -2.33. The fourth-order valence-electron chi connectivity index (χ4n) is 5.19. The molecule has 6 aromatic heterocycles. The Morgan fingerprint density at radius 2 is 1.92 bits per heavy atom. The molecule has 1 N–H and O–H groups in total. The third-order valence-electron chi connectivity index (χ3n) is 7.00. The molecule has 194 valence electrons. The molecule has 0 saturated heterocycles. The summed E-state index contributed by atoms with van der Waals surface area (Å²) in [5.41, 5.74) is 3.35. The van der Waals surface area contributed by atoms with Crippen molar-refractivity contribution in [2.75, 3.05) is 6.54 Å². The molecule has 7 rings (SSSR count). The Labute approximate surface area is 218 Å². The Hall–Kier alpha value is -5.00. The van der Waals surface area contributed by atoms with E-state index in [4.69, 9.17) is 0 Å². The Kier molecular flexibility index (Phi) is 5.05. The molecule has 0 unspecified atom stereocenters. The Morgan fingerprint density at radius 1 is 1.03 bits per heavy atom. The number of nitrogens with zero attached hydrogens (tertiary/aromatic N) is 7. The third-order valence-corrected chi connectivity index (χ3v) is 7.00. The number of nitrogens with one attached hydrogen (secondary N) is 1. The summed E-state index contributed by atoms with van der Waals surface area (Å²) < 4.78 is 43.9. The average molecular weight is 528 g/mol. The summed E-state index contributed by atoms with van der Waals surface area (Å²) in [7, 11) is 0. The van der Waals surface area contributed by atoms with E-state index in [0.717, 1.165) is 23.0 Å². The summed E-state index contributed by atoms with van der Waals surface area (Å²) in [5, 5.41) is 8.85. The van der Waals surface area contributed by atoms with Gasteiger partial charge in [-0.05, 0) is 42.5 Å². The van der Waals surface area contributed by atoms with Gasteiger partial charge in [0.25, 0.3) is 5.91 Å². The Balaban J connectivity index is 1.31. The van der Waals surface area contributed by atoms with Crippen molar-refractivity contribution < 1.29 is 18.0 Å². The van der Waals surface area contributed by atoms with Crippen LogP contribution in [0, 0.1) is 0 Å². The zero-order chi connectivity index (χ0) is 26.7. The van der Waals surface area contributed by atoms with Crippen LogP contribution in [0.4, 0.5) is 13.2 Å². The molecule has 0 saturated carbocycles. The molecular formula is C27H19F3N8O. The number of carbonyl (C=O) groups is 1. The summed E-state index contributed by atoms with van der Waals surface area (Å²) in [6.07, 6.45) is 3.95. The van der Waals surface area contributed by atoms with Gasteiger partial charge in [-0.15, -0.1) is 0 Å². The van der Waals surface area contributed by atoms with Gasteiger partial charge >= 0.3 is 6.18 Å². The zero-order valence-corrected chi connectivity index (χ0v) is 20.2. The van der Waals surface area contributed by atoms with Crippen molar-refractivity contribution in [3.8, 4) is 11.3 Å². The molecule has 9 nitrogen and oxygen atoms in total. The largest absolute Gasteiger partial charge is 0.418 e. The Bertz CT molecular complexity index is 1850. The average Bonchev–Trinajstić information content (AvgIpc) is 3.69. The molecule has 0 aliphatic carbocycles. The van der Waals surface area contributed by atoms with Gasteiger partial charge in [0, 0.05) is 42.8 Å². The van der Waals surface area contributed by atoms with E-state index in [-0.39, 0.29) is 11.4 Å². The number of hydrogen-bond donors (Lipinski definition) is 1. The van der Waals surface area contributed by atoms with Crippen LogP contribution < -0.4 is 0 Å². The summed E-state index contributed by atoms with van der Waals surface area (Å²) in [6.45, 7) is 0.321. The van der Waals surface area contributed by atoms with E-state index in [1.165, 1.54) is 35.4 Å². The van der Waals surface area contributed by atoms with E-state index in [1.54, 1.807) is 21.8 Å². The van der Waals surface area contributed by atoms with Gasteiger partial charge in [-0.3, -0.25) is 9.78 Å². The van der Waals surface area contributed by atoms with Crippen LogP contribution in [-0.4, -0.2) is 51.5 Å². The first-order chi connectivity index (χ1) is 18.9. The first kappa shape index (κ1) is 23.1. The fourth-order valence-corrected chi connectivity index (χ4v) is 5.19. The van der Waals surface area contributed by atoms with Gasteiger partial charge in [0.1, 0.15) is 6.04 Å². The molecule has 0 fully saturated rings. The van der Waals surface area contributed by atoms with Crippen molar-refractivity contribution >= 4 is 16.9 Å². The van der Waals surface area contributed by atoms with E-state index < -0.39 is 17.8 Å². The molecule has 12 heteroatoms. The van der Waals surface area contributed by atoms with Crippen LogP contribution in [0.1, 0.15) is 39.0 Å². The molecule has 6 aromatic rings. The third kappa shape index (κ3) is 3.75. The predicted octanol–water partition coefficient (Wildman–Crippen LogP) is 4.57. The number of aromatic amines is 1. The summed E-state index contributed by atoms with van der Waals surface area (Å²) in [6, 6.07) is 12.2. The first-order valence-corrected chi connectivity index (χ1v) is 12.2. The molecular weight excluding hydrogens is 509 g/mol. The van der Waals surface area contributed by atoms with Crippen molar-refractivity contribution in [1.82, 2.24) is 39.1 Å². The van der Waals surface area contributed by atoms with Crippen molar-refractivity contribution in [2.45, 2.75) is 18.6 Å². The molecule has 1 amide bonds. The highest BCUT2D eigenvalue weighted by molar-refractivity contribution is 6.01. The second kappa shape index (κ2) is 8.51. The highest BCUT2D eigenvalue weighted by Crippen LogP contribution is 2.37. The number of alkyl halides is 3. The molecule has 0 spiro atoms. The van der Waals surface area contributed by atoms with Gasteiger partial charge in [0.2, 0.25) is 0 Å². The maximum atomic E-state index is 14.0. The van der Waals surface area contributed by atoms with Gasteiger partial charge in [0.15, 0.2) is 0 Å². The van der Waals surface area contributed by atoms with Crippen molar-refractivity contribution in [3.05, 3.63) is 108 Å². The lowest BCUT2D eigenvalue weighted by atomic mass is 9.98. The zero-order valence-electron chi connectivity index (χ0n) is 20.2. The highest BCUT2D eigenvalue weighted by Gasteiger charge is 2.39. The molecule has 39 heavy (non-hydrogen) atoms. The molecule has 1 aliphatic rings. The van der Waals surface area contributed by atoms with Crippen LogP contribution >= 0.6 is 0 Å². The van der Waals surface area contributed by atoms with Crippen LogP contribution in [-0.2, 0) is 12.6 Å². The number of rotatable bonds is 3. The molecule has 0 radical (unpaired) electrons. The van der Waals surface area contributed by atoms with Gasteiger partial charge < -0.3 is 9.88 Å². The topological polar surface area (TPSA) is 96.5 Å². The number of amides is 1. The second-order valence-corrected chi connectivity index (χ2v) is 9.26. The number of fused-ring (bicyclic) bond motifs is 3. The lowest BCUT2D eigenvalue weighted by molar-refractivity contribution is -0.136. The molecule has 0 aromatic carbocycles. The maximum Gasteiger partial charge on any atom is 0.418 e. The lowest BCUT2D eigenvalue weighted by Crippen LogP contribution is -2.41. The number of pyridine rings is 3. The minimum Gasteiger partial charge on any atom is -0.348 e. The number of hydrogen-bond acceptors (Lipinski definition) is 5. The number of imidazole rings is 1. The highest BCUT2D eigenvalue weighted by atomic mass is 19.4. The SMILES string of the molecule is O=C(c1cnn2cc(-c3ccccn3)ccc12)N1CCc2[nH]cnc2[C@H]1c1cc2c(C(F)(F)F)cccn2n1. The molecule has 0 bridgehead atoms. The molecule has 1 atom stereocenters. The minimum absolute atomic E-state index is 0.0897. The van der Waals surface area contributed by atoms with Crippen LogP contribution in [0.5, 0.6) is 0 Å². The van der Waals surface area contributed by atoms with Crippen LogP contribution in [0.3, 0.4) is 0 Å². The number of halogens is 3. The standard InChI is InChI=1S/C27H19F3N8O/c28-27(29,30)18-4-3-10-37-23(18)12-21(35-37)25-24-20(32-15-33-24)8-11-36(25)26(39)17-13-34-38-14-16(6-7-22(17)38)19-5-1-2-9-31-19/h1-7,9-10,12-15,25H,8,11H2,(H,32,33)/t25-/m1/s1. The van der Waals surface area contributed by atoms with Crippen molar-refractivity contribution in [2.24, 2.45) is 0 Å². The fraction of sp³-hybridized carbons (Fsp3) is 0.148. The normalized spacial score (nSPS) is 15.7. The molecule has 1 aliphatic heterocycles. The number of H-pyrrole nitrogens is 1. The van der Waals surface area contributed by atoms with Crippen LogP contribution in [0.25, 0.3) is 22.3 Å².